The van der Waals surface area contributed by atoms with E-state index in [-0.39, 0.29) is 6.54 Å². The molecule has 12 heavy (non-hydrogen) atoms. The number of hydrogen-bond acceptors (Lipinski definition) is 2. The Kier molecular flexibility index (Phi) is 5.00. The highest BCUT2D eigenvalue weighted by atomic mass is 32.2. The predicted octanol–water partition coefficient (Wildman–Crippen LogP) is 1.09. The van der Waals surface area contributed by atoms with Crippen molar-refractivity contribution in [3.8, 4) is 0 Å². The second kappa shape index (κ2) is 5.21. The molecule has 1 N–H and O–H groups in total. The molecule has 6 heteroatoms. The van der Waals surface area contributed by atoms with Crippen LogP contribution in [-0.4, -0.2) is 20.7 Å². The van der Waals surface area contributed by atoms with Crippen LogP contribution in [0.4, 0.5) is 8.78 Å². The smallest absolute Gasteiger partial charge is 0.210 e. The quantitative estimate of drug-likeness (QED) is 0.532. The summed E-state index contributed by atoms with van der Waals surface area (Å²) in [5.74, 6) is -3.34. The van der Waals surface area contributed by atoms with Gasteiger partial charge in [0.1, 0.15) is 0 Å². The van der Waals surface area contributed by atoms with E-state index >= 15 is 0 Å². The van der Waals surface area contributed by atoms with Gasteiger partial charge in [-0.05, 0) is 13.3 Å². The fourth-order valence-electron chi connectivity index (χ4n) is 0.514. The maximum atomic E-state index is 11.7. The lowest BCUT2D eigenvalue weighted by Crippen LogP contribution is -2.29. The van der Waals surface area contributed by atoms with Gasteiger partial charge in [-0.25, -0.2) is 13.1 Å². The Morgan fingerprint density at radius 1 is 1.50 bits per heavy atom. The average Bonchev–Trinajstić information content (AvgIpc) is 1.98. The molecular weight excluding hydrogens is 188 g/mol. The maximum Gasteiger partial charge on any atom is 0.350 e. The summed E-state index contributed by atoms with van der Waals surface area (Å²) in [7, 11) is -4.40. The van der Waals surface area contributed by atoms with Gasteiger partial charge < -0.3 is 0 Å². The Hall–Kier alpha value is -0.490. The van der Waals surface area contributed by atoms with Crippen molar-refractivity contribution in [1.82, 2.24) is 4.72 Å². The molecule has 0 spiro atoms. The molecule has 0 aromatic carbocycles. The van der Waals surface area contributed by atoms with Crippen molar-refractivity contribution in [3.05, 3.63) is 12.2 Å². The van der Waals surface area contributed by atoms with Crippen LogP contribution >= 0.6 is 0 Å². The third-order valence-corrected chi connectivity index (χ3v) is 2.16. The van der Waals surface area contributed by atoms with E-state index in [0.29, 0.717) is 6.42 Å². The second-order valence-electron chi connectivity index (χ2n) is 2.06. The van der Waals surface area contributed by atoms with E-state index in [1.807, 2.05) is 0 Å². The molecule has 0 bridgehead atoms. The highest BCUT2D eigenvalue weighted by Crippen LogP contribution is 2.00. The molecule has 3 nitrogen and oxygen atoms in total. The highest BCUT2D eigenvalue weighted by Gasteiger charge is 2.22. The van der Waals surface area contributed by atoms with Crippen LogP contribution in [0.15, 0.2) is 12.2 Å². The van der Waals surface area contributed by atoms with Gasteiger partial charge in [0.2, 0.25) is 0 Å². The third kappa shape index (κ3) is 4.40. The molecule has 72 valence electrons. The zero-order valence-corrected chi connectivity index (χ0v) is 7.44. The summed E-state index contributed by atoms with van der Waals surface area (Å²) in [6.45, 7) is 1.78. The van der Waals surface area contributed by atoms with E-state index in [0.717, 1.165) is 0 Å². The van der Waals surface area contributed by atoms with Crippen molar-refractivity contribution in [3.63, 3.8) is 0 Å². The average molecular weight is 199 g/mol. The minimum atomic E-state index is -4.40. The van der Waals surface area contributed by atoms with Crippen LogP contribution in [0.5, 0.6) is 0 Å². The van der Waals surface area contributed by atoms with Crippen LogP contribution in [0.2, 0.25) is 0 Å². The summed E-state index contributed by atoms with van der Waals surface area (Å²) in [6, 6.07) is 0. The van der Waals surface area contributed by atoms with Crippen molar-refractivity contribution in [2.75, 3.05) is 6.54 Å². The topological polar surface area (TPSA) is 46.2 Å². The number of allylic oxidation sites excluding steroid dienone is 1. The van der Waals surface area contributed by atoms with Crippen LogP contribution in [0.1, 0.15) is 13.3 Å². The van der Waals surface area contributed by atoms with Crippen LogP contribution in [-0.2, 0) is 10.0 Å². The maximum absolute atomic E-state index is 11.7. The molecule has 0 unspecified atom stereocenters. The first-order chi connectivity index (χ1) is 5.50. The SMILES string of the molecule is C/C=C/CCNS(=O)(=O)C(F)F. The van der Waals surface area contributed by atoms with E-state index in [4.69, 9.17) is 0 Å². The van der Waals surface area contributed by atoms with Crippen LogP contribution < -0.4 is 4.72 Å². The van der Waals surface area contributed by atoms with Gasteiger partial charge in [0.15, 0.2) is 0 Å². The molecule has 0 aliphatic carbocycles. The van der Waals surface area contributed by atoms with Gasteiger partial charge in [-0.15, -0.1) is 0 Å². The van der Waals surface area contributed by atoms with Crippen LogP contribution in [0, 0.1) is 0 Å². The molecule has 0 amide bonds. The predicted molar refractivity (Wildman–Crippen MR) is 42.4 cm³/mol. The van der Waals surface area contributed by atoms with E-state index in [9.17, 15) is 17.2 Å². The van der Waals surface area contributed by atoms with Gasteiger partial charge in [0, 0.05) is 6.54 Å². The van der Waals surface area contributed by atoms with Crippen molar-refractivity contribution in [1.29, 1.82) is 0 Å². The van der Waals surface area contributed by atoms with E-state index in [2.05, 4.69) is 0 Å². The van der Waals surface area contributed by atoms with Gasteiger partial charge in [-0.1, -0.05) is 12.2 Å². The Bertz CT molecular complexity index is 236. The Morgan fingerprint density at radius 3 is 2.50 bits per heavy atom. The lowest BCUT2D eigenvalue weighted by molar-refractivity contribution is 0.232. The largest absolute Gasteiger partial charge is 0.350 e. The van der Waals surface area contributed by atoms with Gasteiger partial charge in [0.05, 0.1) is 0 Å². The minimum Gasteiger partial charge on any atom is -0.210 e. The fourth-order valence-corrected chi connectivity index (χ4v) is 1.04. The lowest BCUT2D eigenvalue weighted by Gasteiger charge is -2.02. The molecule has 0 aliphatic heterocycles. The zero-order valence-electron chi connectivity index (χ0n) is 6.63. The number of alkyl halides is 2. The zero-order chi connectivity index (χ0) is 9.61. The minimum absolute atomic E-state index is 0.0109. The summed E-state index contributed by atoms with van der Waals surface area (Å²) in [5, 5.41) is 0. The van der Waals surface area contributed by atoms with Crippen LogP contribution in [0.3, 0.4) is 0 Å². The van der Waals surface area contributed by atoms with Gasteiger partial charge in [-0.3, -0.25) is 0 Å². The standard InChI is InChI=1S/C6H11F2NO2S/c1-2-3-4-5-9-12(10,11)6(7)8/h2-3,6,9H,4-5H2,1H3/b3-2+. The number of rotatable bonds is 5. The van der Waals surface area contributed by atoms with Gasteiger partial charge in [-0.2, -0.15) is 8.78 Å². The molecule has 0 atom stereocenters. The monoisotopic (exact) mass is 199 g/mol. The van der Waals surface area contributed by atoms with Crippen LogP contribution in [0.25, 0.3) is 0 Å². The van der Waals surface area contributed by atoms with Crippen molar-refractivity contribution < 1.29 is 17.2 Å². The second-order valence-corrected chi connectivity index (χ2v) is 3.79. The van der Waals surface area contributed by atoms with E-state index < -0.39 is 15.8 Å². The summed E-state index contributed by atoms with van der Waals surface area (Å²) < 4.78 is 45.9. The number of sulfonamides is 1. The Balaban J connectivity index is 3.78. The number of nitrogens with one attached hydrogen (secondary N) is 1. The van der Waals surface area contributed by atoms with E-state index in [1.54, 1.807) is 23.8 Å². The van der Waals surface area contributed by atoms with Crippen molar-refractivity contribution in [2.45, 2.75) is 19.1 Å². The molecule has 0 aromatic rings. The third-order valence-electron chi connectivity index (χ3n) is 1.08. The summed E-state index contributed by atoms with van der Waals surface area (Å²) in [6.07, 6.45) is 3.83. The van der Waals surface area contributed by atoms with Crippen molar-refractivity contribution >= 4 is 10.0 Å². The first kappa shape index (κ1) is 11.5. The molecule has 0 radical (unpaired) electrons. The first-order valence-electron chi connectivity index (χ1n) is 3.38. The highest BCUT2D eigenvalue weighted by molar-refractivity contribution is 7.89. The normalized spacial score (nSPS) is 13.0. The van der Waals surface area contributed by atoms with E-state index in [1.165, 1.54) is 0 Å². The van der Waals surface area contributed by atoms with Crippen molar-refractivity contribution in [2.24, 2.45) is 0 Å². The van der Waals surface area contributed by atoms with Gasteiger partial charge in [0.25, 0.3) is 10.0 Å². The van der Waals surface area contributed by atoms with Gasteiger partial charge >= 0.3 is 5.76 Å². The molecular formula is C6H11F2NO2S. The summed E-state index contributed by atoms with van der Waals surface area (Å²) in [4.78, 5) is 0. The molecule has 0 aromatic heterocycles. The molecule has 0 fully saturated rings. The fraction of sp³-hybridized carbons (Fsp3) is 0.667. The summed E-state index contributed by atoms with van der Waals surface area (Å²) >= 11 is 0. The Labute approximate surface area is 70.5 Å². The molecule has 0 heterocycles. The molecule has 0 saturated carbocycles. The Morgan fingerprint density at radius 2 is 2.08 bits per heavy atom. The molecule has 0 aliphatic rings. The lowest BCUT2D eigenvalue weighted by atomic mass is 10.4. The summed E-state index contributed by atoms with van der Waals surface area (Å²) in [5.41, 5.74) is 0. The first-order valence-corrected chi connectivity index (χ1v) is 4.93. The molecule has 0 rings (SSSR count). The number of halogens is 2. The molecule has 0 saturated heterocycles. The number of hydrogen-bond donors (Lipinski definition) is 1.